The molecule has 0 unspecified atom stereocenters. The zero-order valence-corrected chi connectivity index (χ0v) is 22.0. The maximum Gasteiger partial charge on any atom is 0.338 e. The molecule has 9 heteroatoms. The second-order valence-electron chi connectivity index (χ2n) is 8.45. The van der Waals surface area contributed by atoms with Crippen molar-refractivity contribution >= 4 is 46.6 Å². The van der Waals surface area contributed by atoms with Gasteiger partial charge in [0.15, 0.2) is 4.80 Å². The van der Waals surface area contributed by atoms with Gasteiger partial charge in [0.1, 0.15) is 5.75 Å². The number of carbonyl (C=O) groups excluding carboxylic acids is 1. The number of rotatable bonds is 5. The fourth-order valence-electron chi connectivity index (χ4n) is 4.01. The molecule has 3 aromatic rings. The lowest BCUT2D eigenvalue weighted by molar-refractivity contribution is -0.139. The standard InChI is InChI=1S/C26H24Cl2N2O4S/c1-5-34-25(33)21-14(4)29-26-30(22(21)16-8-6-15(7-9-16)13(2)3)24(32)20(35-26)11-17-10-18(27)12-19(28)23(17)31/h6-13,22,31H,5H2,1-4H3/b20-11-/t22-/m0/s1. The summed E-state index contributed by atoms with van der Waals surface area (Å²) in [6.45, 7) is 7.88. The first-order chi connectivity index (χ1) is 16.6. The summed E-state index contributed by atoms with van der Waals surface area (Å²) in [6, 6.07) is 10.1. The van der Waals surface area contributed by atoms with Gasteiger partial charge < -0.3 is 9.84 Å². The van der Waals surface area contributed by atoms with Crippen molar-refractivity contribution in [2.75, 3.05) is 6.61 Å². The summed E-state index contributed by atoms with van der Waals surface area (Å²) < 4.78 is 7.15. The van der Waals surface area contributed by atoms with Gasteiger partial charge in [0.05, 0.1) is 33.5 Å². The maximum atomic E-state index is 13.7. The van der Waals surface area contributed by atoms with Crippen LogP contribution in [-0.2, 0) is 9.53 Å². The number of phenolic OH excluding ortho intramolecular Hbond substituents is 1. The molecule has 1 aliphatic rings. The van der Waals surface area contributed by atoms with Gasteiger partial charge in [-0.15, -0.1) is 0 Å². The molecule has 6 nitrogen and oxygen atoms in total. The smallest absolute Gasteiger partial charge is 0.338 e. The number of aromatic hydroxyl groups is 1. The van der Waals surface area contributed by atoms with Gasteiger partial charge in [-0.2, -0.15) is 0 Å². The number of carbonyl (C=O) groups is 1. The number of hydrogen-bond donors (Lipinski definition) is 1. The zero-order valence-electron chi connectivity index (χ0n) is 19.6. The van der Waals surface area contributed by atoms with E-state index in [1.807, 2.05) is 24.3 Å². The molecule has 2 aromatic carbocycles. The van der Waals surface area contributed by atoms with Crippen molar-refractivity contribution < 1.29 is 14.6 Å². The number of hydrogen-bond acceptors (Lipinski definition) is 6. The number of thiazole rings is 1. The van der Waals surface area contributed by atoms with Crippen LogP contribution in [0.3, 0.4) is 0 Å². The van der Waals surface area contributed by atoms with Gasteiger partial charge in [0, 0.05) is 10.6 Å². The second kappa shape index (κ2) is 10.0. The normalized spacial score (nSPS) is 15.9. The molecule has 1 N–H and O–H groups in total. The molecule has 0 radical (unpaired) electrons. The monoisotopic (exact) mass is 530 g/mol. The Labute approximate surface area is 216 Å². The number of allylic oxidation sites excluding steroid dienone is 1. The summed E-state index contributed by atoms with van der Waals surface area (Å²) in [5.74, 6) is -0.351. The second-order valence-corrected chi connectivity index (χ2v) is 10.3. The molecular formula is C26H24Cl2N2O4S. The summed E-state index contributed by atoms with van der Waals surface area (Å²) in [4.78, 5) is 31.6. The highest BCUT2D eigenvalue weighted by Crippen LogP contribution is 2.33. The van der Waals surface area contributed by atoms with Crippen LogP contribution >= 0.6 is 34.5 Å². The van der Waals surface area contributed by atoms with Crippen molar-refractivity contribution in [1.82, 2.24) is 4.57 Å². The first-order valence-corrected chi connectivity index (χ1v) is 12.7. The van der Waals surface area contributed by atoms with E-state index in [1.165, 1.54) is 22.8 Å². The number of aromatic nitrogens is 1. The Morgan fingerprint density at radius 2 is 1.94 bits per heavy atom. The van der Waals surface area contributed by atoms with Gasteiger partial charge in [-0.3, -0.25) is 9.36 Å². The van der Waals surface area contributed by atoms with Crippen LogP contribution in [0.4, 0.5) is 0 Å². The molecule has 4 rings (SSSR count). The summed E-state index contributed by atoms with van der Waals surface area (Å²) >= 11 is 13.3. The van der Waals surface area contributed by atoms with Gasteiger partial charge in [0.2, 0.25) is 0 Å². The Morgan fingerprint density at radius 3 is 2.57 bits per heavy atom. The predicted octanol–water partition coefficient (Wildman–Crippen LogP) is 4.93. The molecule has 182 valence electrons. The Hall–Kier alpha value is -2.87. The van der Waals surface area contributed by atoms with Crippen LogP contribution in [0.1, 0.15) is 56.3 Å². The molecule has 1 aliphatic heterocycles. The number of fused-ring (bicyclic) bond motifs is 1. The number of nitrogens with zero attached hydrogens (tertiary/aromatic N) is 2. The number of ether oxygens (including phenoxy) is 1. The third kappa shape index (κ3) is 4.81. The largest absolute Gasteiger partial charge is 0.506 e. The van der Waals surface area contributed by atoms with E-state index in [2.05, 4.69) is 18.8 Å². The number of benzene rings is 2. The zero-order chi connectivity index (χ0) is 25.4. The van der Waals surface area contributed by atoms with Crippen molar-refractivity contribution in [3.8, 4) is 5.75 Å². The molecule has 1 aromatic heterocycles. The maximum absolute atomic E-state index is 13.7. The van der Waals surface area contributed by atoms with Crippen LogP contribution in [0, 0.1) is 0 Å². The average Bonchev–Trinajstić information content (AvgIpc) is 3.10. The molecule has 0 bridgehead atoms. The van der Waals surface area contributed by atoms with Crippen LogP contribution in [0.25, 0.3) is 6.08 Å². The van der Waals surface area contributed by atoms with Crippen molar-refractivity contribution in [2.45, 2.75) is 39.7 Å². The Balaban J connectivity index is 1.96. The van der Waals surface area contributed by atoms with E-state index in [0.29, 0.717) is 37.1 Å². The van der Waals surface area contributed by atoms with Crippen molar-refractivity contribution in [3.63, 3.8) is 0 Å². The van der Waals surface area contributed by atoms with E-state index >= 15 is 0 Å². The highest BCUT2D eigenvalue weighted by molar-refractivity contribution is 7.07. The van der Waals surface area contributed by atoms with Gasteiger partial charge in [-0.05, 0) is 49.1 Å². The molecule has 0 spiro atoms. The lowest BCUT2D eigenvalue weighted by atomic mass is 9.93. The lowest BCUT2D eigenvalue weighted by Crippen LogP contribution is -2.39. The van der Waals surface area contributed by atoms with Crippen molar-refractivity contribution in [2.24, 2.45) is 4.99 Å². The Bertz CT molecular complexity index is 1520. The first kappa shape index (κ1) is 25.2. The Morgan fingerprint density at radius 1 is 1.26 bits per heavy atom. The topological polar surface area (TPSA) is 80.9 Å². The quantitative estimate of drug-likeness (QED) is 0.474. The molecule has 0 saturated heterocycles. The fraction of sp³-hybridized carbons (Fsp3) is 0.269. The number of esters is 1. The minimum atomic E-state index is -0.704. The minimum Gasteiger partial charge on any atom is -0.506 e. The fourth-order valence-corrected chi connectivity index (χ4v) is 5.55. The number of phenols is 1. The molecule has 0 aliphatic carbocycles. The van der Waals surface area contributed by atoms with Gasteiger partial charge >= 0.3 is 5.97 Å². The van der Waals surface area contributed by atoms with Crippen LogP contribution in [0.15, 0.2) is 57.5 Å². The average molecular weight is 531 g/mol. The molecule has 35 heavy (non-hydrogen) atoms. The van der Waals surface area contributed by atoms with Crippen LogP contribution in [-0.4, -0.2) is 22.2 Å². The number of halogens is 2. The van der Waals surface area contributed by atoms with Crippen molar-refractivity contribution in [1.29, 1.82) is 0 Å². The highest BCUT2D eigenvalue weighted by Gasteiger charge is 2.33. The van der Waals surface area contributed by atoms with Gasteiger partial charge in [-0.1, -0.05) is 72.7 Å². The van der Waals surface area contributed by atoms with E-state index in [4.69, 9.17) is 27.9 Å². The predicted molar refractivity (Wildman–Crippen MR) is 139 cm³/mol. The van der Waals surface area contributed by atoms with E-state index in [0.717, 1.165) is 22.5 Å². The van der Waals surface area contributed by atoms with E-state index < -0.39 is 12.0 Å². The van der Waals surface area contributed by atoms with Crippen LogP contribution < -0.4 is 14.9 Å². The van der Waals surface area contributed by atoms with Crippen molar-refractivity contribution in [3.05, 3.63) is 94.1 Å². The molecule has 1 atom stereocenters. The summed E-state index contributed by atoms with van der Waals surface area (Å²) in [6.07, 6.45) is 1.53. The third-order valence-corrected chi connectivity index (χ3v) is 7.27. The summed E-state index contributed by atoms with van der Waals surface area (Å²) in [5.41, 5.74) is 2.68. The van der Waals surface area contributed by atoms with Gasteiger partial charge in [0.25, 0.3) is 5.56 Å². The lowest BCUT2D eigenvalue weighted by Gasteiger charge is -2.25. The summed E-state index contributed by atoms with van der Waals surface area (Å²) in [5, 5.41) is 10.8. The SMILES string of the molecule is CCOC(=O)C1=C(C)N=c2s/c(=C\c3cc(Cl)cc(Cl)c3O)c(=O)n2[C@H]1c1ccc(C(C)C)cc1. The first-order valence-electron chi connectivity index (χ1n) is 11.1. The highest BCUT2D eigenvalue weighted by atomic mass is 35.5. The molecule has 0 amide bonds. The minimum absolute atomic E-state index is 0.0834. The van der Waals surface area contributed by atoms with Crippen LogP contribution in [0.2, 0.25) is 10.0 Å². The molecule has 0 fully saturated rings. The molecule has 0 saturated carbocycles. The van der Waals surface area contributed by atoms with E-state index in [-0.39, 0.29) is 22.9 Å². The van der Waals surface area contributed by atoms with E-state index in [1.54, 1.807) is 13.8 Å². The van der Waals surface area contributed by atoms with Gasteiger partial charge in [-0.25, -0.2) is 9.79 Å². The molecule has 2 heterocycles. The Kier molecular flexibility index (Phi) is 7.22. The molecular weight excluding hydrogens is 507 g/mol. The van der Waals surface area contributed by atoms with E-state index in [9.17, 15) is 14.7 Å². The third-order valence-electron chi connectivity index (χ3n) is 5.78. The van der Waals surface area contributed by atoms with Crippen LogP contribution in [0.5, 0.6) is 5.75 Å². The summed E-state index contributed by atoms with van der Waals surface area (Å²) in [7, 11) is 0.